The Morgan fingerprint density at radius 2 is 2.20 bits per heavy atom. The maximum atomic E-state index is 12.5. The molecule has 8 heteroatoms. The first-order valence-electron chi connectivity index (χ1n) is 5.54. The van der Waals surface area contributed by atoms with Gasteiger partial charge in [-0.2, -0.15) is 13.2 Å². The molecule has 20 heavy (non-hydrogen) atoms. The molecule has 0 saturated carbocycles. The Kier molecular flexibility index (Phi) is 4.33. The van der Waals surface area contributed by atoms with E-state index < -0.39 is 17.6 Å². The summed E-state index contributed by atoms with van der Waals surface area (Å²) in [7, 11) is 0. The van der Waals surface area contributed by atoms with Gasteiger partial charge >= 0.3 is 6.18 Å². The lowest BCUT2D eigenvalue weighted by Gasteiger charge is -2.09. The van der Waals surface area contributed by atoms with Gasteiger partial charge in [0.15, 0.2) is 5.16 Å². The number of nitrogens with one attached hydrogen (secondary N) is 2. The molecule has 0 bridgehead atoms. The van der Waals surface area contributed by atoms with Crippen molar-refractivity contribution in [1.82, 2.24) is 9.97 Å². The average Bonchev–Trinajstić information content (AvgIpc) is 2.89. The number of hydrogen-bond donors (Lipinski definition) is 2. The quantitative estimate of drug-likeness (QED) is 0.853. The van der Waals surface area contributed by atoms with Crippen LogP contribution in [0.2, 0.25) is 0 Å². The van der Waals surface area contributed by atoms with Gasteiger partial charge in [-0.1, -0.05) is 17.8 Å². The van der Waals surface area contributed by atoms with Crippen molar-refractivity contribution in [3.8, 4) is 0 Å². The number of anilines is 1. The molecule has 2 N–H and O–H groups in total. The Morgan fingerprint density at radius 3 is 2.85 bits per heavy atom. The molecule has 0 atom stereocenters. The number of amides is 1. The Labute approximate surface area is 116 Å². The highest BCUT2D eigenvalue weighted by Gasteiger charge is 2.30. The highest BCUT2D eigenvalue weighted by molar-refractivity contribution is 7.99. The topological polar surface area (TPSA) is 57.8 Å². The van der Waals surface area contributed by atoms with Gasteiger partial charge in [-0.15, -0.1) is 0 Å². The van der Waals surface area contributed by atoms with Gasteiger partial charge in [-0.05, 0) is 18.2 Å². The molecule has 0 radical (unpaired) electrons. The summed E-state index contributed by atoms with van der Waals surface area (Å²) in [6, 6.07) is 4.51. The molecule has 4 nitrogen and oxygen atoms in total. The number of halogens is 3. The first kappa shape index (κ1) is 14.4. The average molecular weight is 301 g/mol. The van der Waals surface area contributed by atoms with Crippen LogP contribution in [0, 0.1) is 0 Å². The fourth-order valence-corrected chi connectivity index (χ4v) is 2.06. The van der Waals surface area contributed by atoms with Crippen molar-refractivity contribution in [3.05, 3.63) is 42.2 Å². The van der Waals surface area contributed by atoms with Crippen molar-refractivity contribution < 1.29 is 18.0 Å². The summed E-state index contributed by atoms with van der Waals surface area (Å²) >= 11 is 1.16. The number of nitrogens with zero attached hydrogens (tertiary/aromatic N) is 1. The minimum Gasteiger partial charge on any atom is -0.340 e. The third kappa shape index (κ3) is 4.02. The second kappa shape index (κ2) is 6.00. The number of benzene rings is 1. The molecule has 106 valence electrons. The molecule has 1 aromatic heterocycles. The summed E-state index contributed by atoms with van der Waals surface area (Å²) in [5, 5.41) is 2.99. The first-order valence-corrected chi connectivity index (χ1v) is 6.53. The van der Waals surface area contributed by atoms with E-state index in [0.29, 0.717) is 5.16 Å². The van der Waals surface area contributed by atoms with Gasteiger partial charge in [0, 0.05) is 18.1 Å². The molecule has 1 amide bonds. The maximum absolute atomic E-state index is 12.5. The predicted molar refractivity (Wildman–Crippen MR) is 69.4 cm³/mol. The van der Waals surface area contributed by atoms with E-state index in [-0.39, 0.29) is 11.4 Å². The van der Waals surface area contributed by atoms with Crippen LogP contribution in [0.1, 0.15) is 5.56 Å². The van der Waals surface area contributed by atoms with Crippen molar-refractivity contribution >= 4 is 23.4 Å². The van der Waals surface area contributed by atoms with Crippen LogP contribution in [0.3, 0.4) is 0 Å². The number of hydrogen-bond acceptors (Lipinski definition) is 3. The van der Waals surface area contributed by atoms with Gasteiger partial charge < -0.3 is 10.3 Å². The van der Waals surface area contributed by atoms with E-state index in [0.717, 1.165) is 23.9 Å². The van der Waals surface area contributed by atoms with E-state index >= 15 is 0 Å². The Bertz CT molecular complexity index is 584. The minimum absolute atomic E-state index is 0.0593. The number of carbonyl (C=O) groups excluding carboxylic acids is 1. The van der Waals surface area contributed by atoms with Gasteiger partial charge in [0.2, 0.25) is 5.91 Å². The Morgan fingerprint density at radius 1 is 1.40 bits per heavy atom. The standard InChI is InChI=1S/C12H10F3N3OS/c13-12(14,15)8-2-1-3-9(6-8)18-10(19)7-20-11-16-4-5-17-11/h1-6H,7H2,(H,16,17)(H,18,19). The molecule has 0 spiro atoms. The van der Waals surface area contributed by atoms with E-state index in [1.807, 2.05) is 0 Å². The van der Waals surface area contributed by atoms with Gasteiger partial charge in [-0.3, -0.25) is 4.79 Å². The highest BCUT2D eigenvalue weighted by atomic mass is 32.2. The SMILES string of the molecule is O=C(CSc1ncc[nH]1)Nc1cccc(C(F)(F)F)c1. The third-order valence-electron chi connectivity index (χ3n) is 2.29. The molecule has 2 aromatic rings. The number of thioether (sulfide) groups is 1. The van der Waals surface area contributed by atoms with Crippen LogP contribution >= 0.6 is 11.8 Å². The lowest BCUT2D eigenvalue weighted by atomic mass is 10.2. The second-order valence-electron chi connectivity index (χ2n) is 3.81. The van der Waals surface area contributed by atoms with E-state index in [1.54, 1.807) is 12.4 Å². The fraction of sp³-hybridized carbons (Fsp3) is 0.167. The molecule has 0 unspecified atom stereocenters. The van der Waals surface area contributed by atoms with Crippen molar-refractivity contribution in [1.29, 1.82) is 0 Å². The first-order chi connectivity index (χ1) is 9.45. The summed E-state index contributed by atoms with van der Waals surface area (Å²) in [5.41, 5.74) is -0.682. The largest absolute Gasteiger partial charge is 0.416 e. The van der Waals surface area contributed by atoms with Crippen molar-refractivity contribution in [2.24, 2.45) is 0 Å². The molecular formula is C12H10F3N3OS. The predicted octanol–water partition coefficient (Wildman–Crippen LogP) is 3.16. The summed E-state index contributed by atoms with van der Waals surface area (Å²) < 4.78 is 37.5. The monoisotopic (exact) mass is 301 g/mol. The molecule has 0 fully saturated rings. The molecule has 1 aromatic carbocycles. The normalized spacial score (nSPS) is 11.3. The van der Waals surface area contributed by atoms with E-state index in [4.69, 9.17) is 0 Å². The van der Waals surface area contributed by atoms with Gasteiger partial charge in [-0.25, -0.2) is 4.98 Å². The lowest BCUT2D eigenvalue weighted by Crippen LogP contribution is -2.15. The number of aromatic amines is 1. The number of carbonyl (C=O) groups is 1. The maximum Gasteiger partial charge on any atom is 0.416 e. The molecular weight excluding hydrogens is 291 g/mol. The van der Waals surface area contributed by atoms with Crippen LogP contribution in [-0.2, 0) is 11.0 Å². The summed E-state index contributed by atoms with van der Waals surface area (Å²) in [6.07, 6.45) is -1.26. The molecule has 0 aliphatic carbocycles. The zero-order valence-corrected chi connectivity index (χ0v) is 10.9. The van der Waals surface area contributed by atoms with Crippen molar-refractivity contribution in [2.45, 2.75) is 11.3 Å². The second-order valence-corrected chi connectivity index (χ2v) is 4.77. The van der Waals surface area contributed by atoms with Crippen LogP contribution in [0.4, 0.5) is 18.9 Å². The van der Waals surface area contributed by atoms with Gasteiger partial charge in [0.05, 0.1) is 11.3 Å². The summed E-state index contributed by atoms with van der Waals surface area (Å²) in [5.74, 6) is -0.338. The molecule has 1 heterocycles. The lowest BCUT2D eigenvalue weighted by molar-refractivity contribution is -0.137. The number of imidazole rings is 1. The van der Waals surface area contributed by atoms with Crippen LogP contribution in [-0.4, -0.2) is 21.6 Å². The van der Waals surface area contributed by atoms with E-state index in [2.05, 4.69) is 15.3 Å². The number of H-pyrrole nitrogens is 1. The van der Waals surface area contributed by atoms with Crippen LogP contribution in [0.5, 0.6) is 0 Å². The fourth-order valence-electron chi connectivity index (χ4n) is 1.43. The van der Waals surface area contributed by atoms with Crippen molar-refractivity contribution in [2.75, 3.05) is 11.1 Å². The highest BCUT2D eigenvalue weighted by Crippen LogP contribution is 2.30. The summed E-state index contributed by atoms with van der Waals surface area (Å²) in [4.78, 5) is 18.3. The minimum atomic E-state index is -4.43. The van der Waals surface area contributed by atoms with Crippen molar-refractivity contribution in [3.63, 3.8) is 0 Å². The third-order valence-corrected chi connectivity index (χ3v) is 3.19. The number of alkyl halides is 3. The van der Waals surface area contributed by atoms with E-state index in [1.165, 1.54) is 12.1 Å². The number of aromatic nitrogens is 2. The van der Waals surface area contributed by atoms with Crippen LogP contribution < -0.4 is 5.32 Å². The zero-order chi connectivity index (χ0) is 14.6. The zero-order valence-electron chi connectivity index (χ0n) is 10.1. The Balaban J connectivity index is 1.94. The van der Waals surface area contributed by atoms with E-state index in [9.17, 15) is 18.0 Å². The van der Waals surface area contributed by atoms with Gasteiger partial charge in [0.25, 0.3) is 0 Å². The van der Waals surface area contributed by atoms with Gasteiger partial charge in [0.1, 0.15) is 0 Å². The Hall–Kier alpha value is -1.96. The number of rotatable bonds is 4. The van der Waals surface area contributed by atoms with Crippen LogP contribution in [0.15, 0.2) is 41.8 Å². The molecule has 0 aliphatic heterocycles. The molecule has 0 aliphatic rings. The molecule has 2 rings (SSSR count). The van der Waals surface area contributed by atoms with Crippen LogP contribution in [0.25, 0.3) is 0 Å². The smallest absolute Gasteiger partial charge is 0.340 e. The molecule has 0 saturated heterocycles. The summed E-state index contributed by atoms with van der Waals surface area (Å²) in [6.45, 7) is 0.